The summed E-state index contributed by atoms with van der Waals surface area (Å²) >= 11 is 0. The molecule has 3 aliphatic rings. The van der Waals surface area contributed by atoms with Crippen LogP contribution in [0.4, 0.5) is 51.2 Å². The van der Waals surface area contributed by atoms with E-state index >= 15 is 0 Å². The summed E-state index contributed by atoms with van der Waals surface area (Å²) in [7, 11) is 0. The zero-order valence-electron chi connectivity index (χ0n) is 30.7. The van der Waals surface area contributed by atoms with Crippen molar-refractivity contribution < 1.29 is 29.3 Å². The molecule has 0 saturated carbocycles. The summed E-state index contributed by atoms with van der Waals surface area (Å²) in [5, 5.41) is 2.23. The summed E-state index contributed by atoms with van der Waals surface area (Å²) < 4.78 is 51.5. The molecule has 0 amide bonds. The van der Waals surface area contributed by atoms with Crippen molar-refractivity contribution in [1.29, 1.82) is 0 Å². The van der Waals surface area contributed by atoms with E-state index in [1.165, 1.54) is 9.80 Å². The van der Waals surface area contributed by atoms with Crippen molar-refractivity contribution in [3.63, 3.8) is 0 Å². The Morgan fingerprint density at radius 2 is 1.09 bits per heavy atom. The van der Waals surface area contributed by atoms with Gasteiger partial charge in [0.2, 0.25) is 0 Å². The van der Waals surface area contributed by atoms with Gasteiger partial charge < -0.3 is 29.1 Å². The minimum Gasteiger partial charge on any atom is -0.504 e. The van der Waals surface area contributed by atoms with E-state index in [0.717, 1.165) is 55.9 Å². The molecule has 0 radical (unpaired) electrons. The second-order valence-corrected chi connectivity index (χ2v) is 11.5. The number of benzene rings is 6. The number of fused-ring (bicyclic) bond motifs is 7. The van der Waals surface area contributed by atoms with Crippen LogP contribution in [0.2, 0.25) is 0 Å². The average molecular weight is 794 g/mol. The number of nitrogens with zero attached hydrogens (tertiary/aromatic N) is 6. The Morgan fingerprint density at radius 3 is 1.81 bits per heavy atom. The monoisotopic (exact) mass is 793 g/mol. The normalized spacial score (nSPS) is 16.9. The molecule has 47 heavy (non-hydrogen) atoms. The number of rotatable bonds is 3. The fourth-order valence-electron chi connectivity index (χ4n) is 7.08. The molecule has 7 aromatic rings. The van der Waals surface area contributed by atoms with E-state index in [0.29, 0.717) is 22.7 Å². The van der Waals surface area contributed by atoms with Crippen molar-refractivity contribution in [3.05, 3.63) is 147 Å². The zero-order valence-corrected chi connectivity index (χ0v) is 27.0. The molecule has 6 nitrogen and oxygen atoms in total. The number of para-hydroxylation sites is 6. The summed E-state index contributed by atoms with van der Waals surface area (Å²) in [6.07, 6.45) is 0. The van der Waals surface area contributed by atoms with E-state index in [9.17, 15) is 0 Å². The van der Waals surface area contributed by atoms with Gasteiger partial charge in [-0.2, -0.15) is 19.4 Å². The Labute approximate surface area is 297 Å². The zero-order chi connectivity index (χ0) is 35.5. The summed E-state index contributed by atoms with van der Waals surface area (Å²) in [4.78, 5) is 8.48. The third-order valence-corrected chi connectivity index (χ3v) is 9.05. The summed E-state index contributed by atoms with van der Waals surface area (Å²) in [5.41, 5.74) is 9.39. The first-order valence-corrected chi connectivity index (χ1v) is 15.0. The molecule has 0 unspecified atom stereocenters. The average Bonchev–Trinajstić information content (AvgIpc) is 3.83. The van der Waals surface area contributed by atoms with Gasteiger partial charge >= 0.3 is 21.1 Å². The summed E-state index contributed by atoms with van der Waals surface area (Å²) in [6, 6.07) is 46.7. The summed E-state index contributed by atoms with van der Waals surface area (Å²) in [5.74, 6) is 0. The molecule has 0 fully saturated rings. The number of aromatic nitrogens is 1. The van der Waals surface area contributed by atoms with Crippen LogP contribution in [0.1, 0.15) is 8.22 Å². The van der Waals surface area contributed by atoms with E-state index in [1.807, 2.05) is 88.7 Å². The summed E-state index contributed by atoms with van der Waals surface area (Å²) in [6.45, 7) is -1.53. The van der Waals surface area contributed by atoms with Crippen LogP contribution < -0.4 is 24.5 Å². The first kappa shape index (κ1) is 22.4. The van der Waals surface area contributed by atoms with E-state index in [2.05, 4.69) is 58.0 Å². The van der Waals surface area contributed by atoms with Gasteiger partial charge in [-0.1, -0.05) is 60.3 Å². The molecular formula is C40H28N6Pt. The van der Waals surface area contributed by atoms with Gasteiger partial charge in [0.25, 0.3) is 0 Å². The topological polar surface area (TPSA) is 21.1 Å². The van der Waals surface area contributed by atoms with Gasteiger partial charge in [0.1, 0.15) is 0 Å². The van der Waals surface area contributed by atoms with Crippen molar-refractivity contribution in [2.75, 3.05) is 38.5 Å². The van der Waals surface area contributed by atoms with Crippen molar-refractivity contribution >= 4 is 73.0 Å². The molecule has 228 valence electrons. The minimum atomic E-state index is -2.38. The Kier molecular flexibility index (Phi) is 4.95. The fraction of sp³-hybridized carbons (Fsp3) is 0.0500. The second-order valence-electron chi connectivity index (χ2n) is 11.5. The van der Waals surface area contributed by atoms with Crippen LogP contribution in [-0.2, 0) is 21.1 Å². The Bertz CT molecular complexity index is 2580. The molecule has 0 bridgehead atoms. The van der Waals surface area contributed by atoms with Gasteiger partial charge in [-0.3, -0.25) is 0 Å². The van der Waals surface area contributed by atoms with E-state index < -0.39 is 14.0 Å². The number of hydrogen-bond acceptors (Lipinski definition) is 5. The molecule has 4 heterocycles. The maximum atomic E-state index is 8.23. The number of hydrogen-bond donors (Lipinski definition) is 0. The van der Waals surface area contributed by atoms with Crippen LogP contribution >= 0.6 is 0 Å². The fourth-order valence-corrected chi connectivity index (χ4v) is 7.08. The number of anilines is 9. The van der Waals surface area contributed by atoms with Gasteiger partial charge in [-0.25, -0.2) is 0 Å². The molecule has 0 saturated heterocycles. The van der Waals surface area contributed by atoms with Crippen LogP contribution in [0, 0.1) is 25.5 Å². The molecular weight excluding hydrogens is 760 g/mol. The van der Waals surface area contributed by atoms with Crippen molar-refractivity contribution in [2.45, 2.75) is 0 Å². The Morgan fingerprint density at radius 1 is 0.511 bits per heavy atom. The van der Waals surface area contributed by atoms with E-state index in [1.54, 1.807) is 19.4 Å². The van der Waals surface area contributed by atoms with Crippen molar-refractivity contribution in [1.82, 2.24) is 4.57 Å². The van der Waals surface area contributed by atoms with Crippen molar-refractivity contribution in [2.24, 2.45) is 0 Å². The molecule has 0 aliphatic carbocycles. The van der Waals surface area contributed by atoms with E-state index in [4.69, 9.17) is 8.22 Å². The Hall–Kier alpha value is -5.19. The minimum absolute atomic E-state index is 0. The predicted octanol–water partition coefficient (Wildman–Crippen LogP) is 9.58. The maximum Gasteiger partial charge on any atom is 4.00 e. The maximum absolute atomic E-state index is 8.23. The van der Waals surface area contributed by atoms with Gasteiger partial charge in [0, 0.05) is 47.3 Å². The van der Waals surface area contributed by atoms with Crippen LogP contribution in [0.5, 0.6) is 0 Å². The molecule has 6 aromatic carbocycles. The molecule has 0 atom stereocenters. The molecule has 3 aliphatic heterocycles. The van der Waals surface area contributed by atoms with Gasteiger partial charge in [0.15, 0.2) is 0 Å². The molecule has 7 heteroatoms. The Balaban J connectivity index is 0.00000372. The molecule has 1 aromatic heterocycles. The molecule has 0 spiro atoms. The first-order valence-electron chi connectivity index (χ1n) is 18.0. The smallest absolute Gasteiger partial charge is 0.504 e. The largest absolute Gasteiger partial charge is 4.00 e. The van der Waals surface area contributed by atoms with Gasteiger partial charge in [0.05, 0.1) is 11.2 Å². The SMILES string of the molecule is [2H]C([2H])([2H])N1[CH-]N(c2[c-]c(N3c4[c-]c(N5[CH-]N(C([2H])([2H])[2H])c6ccccc65)ccc4-n4c5ccccc5c5cccc3c54)ccc2)c2ccccc21.[Pt+4]. The third kappa shape index (κ3) is 3.95. The van der Waals surface area contributed by atoms with Gasteiger partial charge in [-0.05, 0) is 61.7 Å². The van der Waals surface area contributed by atoms with Crippen LogP contribution in [0.25, 0.3) is 27.5 Å². The third-order valence-electron chi connectivity index (χ3n) is 9.05. The van der Waals surface area contributed by atoms with Crippen LogP contribution in [0.3, 0.4) is 0 Å². The standard InChI is InChI=1S/C40H28N6.Pt/c1-41-25-43(35-18-7-5-16-33(35)41)27-11-9-12-29(23-27)45-38-20-10-14-31-30-13-3-4-15-32(30)46(40(31)38)37-22-21-28(24-39(37)45)44-26-42(2)34-17-6-8-19-36(34)44;/h3-22,25-26H,1-2H3;/q-4;+4/i1D3,2D3;. The quantitative estimate of drug-likeness (QED) is 0.166. The van der Waals surface area contributed by atoms with Crippen LogP contribution in [-0.4, -0.2) is 18.5 Å². The predicted molar refractivity (Wildman–Crippen MR) is 189 cm³/mol. The molecule has 0 N–H and O–H groups in total. The first-order chi connectivity index (χ1) is 25.1. The van der Waals surface area contributed by atoms with Crippen molar-refractivity contribution in [3.8, 4) is 5.69 Å². The molecule has 10 rings (SSSR count). The van der Waals surface area contributed by atoms with Gasteiger partial charge in [-0.15, -0.1) is 47.8 Å². The van der Waals surface area contributed by atoms with E-state index in [-0.39, 0.29) is 21.1 Å². The second kappa shape index (κ2) is 10.4. The van der Waals surface area contributed by atoms with Crippen LogP contribution in [0.15, 0.2) is 121 Å².